The Balaban J connectivity index is 2.19. The quantitative estimate of drug-likeness (QED) is 0.637. The molecule has 0 saturated heterocycles. The molecule has 1 heterocycles. The largest absolute Gasteiger partial charge is 0.380 e. The topological polar surface area (TPSA) is 64.9 Å². The number of nitrogens with one attached hydrogen (secondary N) is 1. The van der Waals surface area contributed by atoms with Crippen LogP contribution in [0.2, 0.25) is 0 Å². The van der Waals surface area contributed by atoms with Crippen molar-refractivity contribution in [3.05, 3.63) is 5.82 Å². The van der Waals surface area contributed by atoms with E-state index < -0.39 is 0 Å². The second kappa shape index (κ2) is 8.99. The van der Waals surface area contributed by atoms with Crippen molar-refractivity contribution in [1.82, 2.24) is 25.5 Å². The highest BCUT2D eigenvalue weighted by molar-refractivity contribution is 4.79. The Kier molecular flexibility index (Phi) is 7.52. The average molecular weight is 255 g/mol. The lowest BCUT2D eigenvalue weighted by molar-refractivity contribution is 0.113. The summed E-state index contributed by atoms with van der Waals surface area (Å²) in [4.78, 5) is 0. The van der Waals surface area contributed by atoms with Gasteiger partial charge in [-0.1, -0.05) is 20.8 Å². The predicted molar refractivity (Wildman–Crippen MR) is 70.1 cm³/mol. The van der Waals surface area contributed by atoms with Gasteiger partial charge in [-0.15, -0.1) is 5.10 Å². The molecule has 0 aliphatic heterocycles. The van der Waals surface area contributed by atoms with E-state index in [1.54, 1.807) is 4.68 Å². The number of hydrogen-bond acceptors (Lipinski definition) is 5. The molecule has 6 nitrogen and oxygen atoms in total. The van der Waals surface area contributed by atoms with E-state index in [0.717, 1.165) is 31.8 Å². The van der Waals surface area contributed by atoms with Gasteiger partial charge in [-0.3, -0.25) is 0 Å². The third-order valence-electron chi connectivity index (χ3n) is 2.60. The summed E-state index contributed by atoms with van der Waals surface area (Å²) in [6.07, 6.45) is 2.21. The van der Waals surface area contributed by atoms with Gasteiger partial charge in [-0.05, 0) is 35.7 Å². The van der Waals surface area contributed by atoms with Crippen LogP contribution in [0, 0.1) is 5.92 Å². The summed E-state index contributed by atoms with van der Waals surface area (Å²) in [5.41, 5.74) is 0. The molecule has 1 aromatic heterocycles. The van der Waals surface area contributed by atoms with Gasteiger partial charge in [0.25, 0.3) is 0 Å². The molecule has 0 saturated carbocycles. The Labute approximate surface area is 109 Å². The first-order valence-corrected chi connectivity index (χ1v) is 6.77. The summed E-state index contributed by atoms with van der Waals surface area (Å²) < 4.78 is 7.37. The fourth-order valence-corrected chi connectivity index (χ4v) is 1.47. The summed E-state index contributed by atoms with van der Waals surface area (Å²) in [6.45, 7) is 10.4. The van der Waals surface area contributed by atoms with Gasteiger partial charge in [0.1, 0.15) is 0 Å². The van der Waals surface area contributed by atoms with Gasteiger partial charge in [0, 0.05) is 6.61 Å². The average Bonchev–Trinajstić information content (AvgIpc) is 2.76. The maximum absolute atomic E-state index is 5.56. The second-order valence-electron chi connectivity index (χ2n) is 4.79. The maximum Gasteiger partial charge on any atom is 0.165 e. The van der Waals surface area contributed by atoms with Crippen molar-refractivity contribution in [2.45, 2.75) is 46.7 Å². The van der Waals surface area contributed by atoms with Crippen LogP contribution in [0.5, 0.6) is 0 Å². The summed E-state index contributed by atoms with van der Waals surface area (Å²) >= 11 is 0. The molecule has 0 aromatic carbocycles. The van der Waals surface area contributed by atoms with Gasteiger partial charge in [-0.2, -0.15) is 0 Å². The molecule has 0 atom stereocenters. The van der Waals surface area contributed by atoms with Crippen LogP contribution in [0.3, 0.4) is 0 Å². The molecule has 0 bridgehead atoms. The Bertz CT molecular complexity index is 313. The second-order valence-corrected chi connectivity index (χ2v) is 4.79. The fraction of sp³-hybridized carbons (Fsp3) is 0.917. The molecule has 6 heteroatoms. The highest BCUT2D eigenvalue weighted by Gasteiger charge is 2.04. The number of ether oxygens (including phenoxy) is 1. The zero-order valence-electron chi connectivity index (χ0n) is 11.7. The molecule has 0 radical (unpaired) electrons. The third-order valence-corrected chi connectivity index (χ3v) is 2.60. The molecule has 0 spiro atoms. The maximum atomic E-state index is 5.56. The first-order chi connectivity index (χ1) is 8.74. The molecule has 1 N–H and O–H groups in total. The Morgan fingerprint density at radius 3 is 2.89 bits per heavy atom. The summed E-state index contributed by atoms with van der Waals surface area (Å²) in [5.74, 6) is 1.56. The van der Waals surface area contributed by atoms with Crippen LogP contribution in [0.4, 0.5) is 0 Å². The van der Waals surface area contributed by atoms with Gasteiger partial charge in [0.15, 0.2) is 5.82 Å². The van der Waals surface area contributed by atoms with Crippen LogP contribution >= 0.6 is 0 Å². The lowest BCUT2D eigenvalue weighted by atomic mass is 10.1. The highest BCUT2D eigenvalue weighted by atomic mass is 16.5. The lowest BCUT2D eigenvalue weighted by Crippen LogP contribution is -2.19. The molecule has 0 amide bonds. The first kappa shape index (κ1) is 15.0. The van der Waals surface area contributed by atoms with E-state index in [1.165, 1.54) is 0 Å². The molecule has 0 unspecified atom stereocenters. The van der Waals surface area contributed by atoms with Crippen LogP contribution in [0.25, 0.3) is 0 Å². The van der Waals surface area contributed by atoms with Crippen LogP contribution in [0.15, 0.2) is 0 Å². The minimum absolute atomic E-state index is 0.665. The highest BCUT2D eigenvalue weighted by Crippen LogP contribution is 1.99. The fourth-order valence-electron chi connectivity index (χ4n) is 1.47. The number of aromatic nitrogens is 4. The SMILES string of the molecule is CCCNCc1nnnn1CCOCCC(C)C. The van der Waals surface area contributed by atoms with Gasteiger partial charge in [0.05, 0.1) is 19.7 Å². The van der Waals surface area contributed by atoms with Crippen LogP contribution in [0.1, 0.15) is 39.4 Å². The van der Waals surface area contributed by atoms with Crippen LogP contribution in [-0.4, -0.2) is 40.0 Å². The monoisotopic (exact) mass is 255 g/mol. The Hall–Kier alpha value is -1.01. The van der Waals surface area contributed by atoms with Gasteiger partial charge >= 0.3 is 0 Å². The van der Waals surface area contributed by atoms with Crippen molar-refractivity contribution in [1.29, 1.82) is 0 Å². The zero-order chi connectivity index (χ0) is 13.2. The predicted octanol–water partition coefficient (Wildman–Crippen LogP) is 1.24. The van der Waals surface area contributed by atoms with Crippen molar-refractivity contribution in [3.63, 3.8) is 0 Å². The lowest BCUT2D eigenvalue weighted by Gasteiger charge is -2.07. The van der Waals surface area contributed by atoms with E-state index in [9.17, 15) is 0 Å². The van der Waals surface area contributed by atoms with Gasteiger partial charge in [0.2, 0.25) is 0 Å². The molecular weight excluding hydrogens is 230 g/mol. The van der Waals surface area contributed by atoms with E-state index in [4.69, 9.17) is 4.74 Å². The number of tetrazole rings is 1. The van der Waals surface area contributed by atoms with E-state index in [-0.39, 0.29) is 0 Å². The van der Waals surface area contributed by atoms with E-state index >= 15 is 0 Å². The Morgan fingerprint density at radius 1 is 1.33 bits per heavy atom. The van der Waals surface area contributed by atoms with Crippen LogP contribution < -0.4 is 5.32 Å². The summed E-state index contributed by atoms with van der Waals surface area (Å²) in [6, 6.07) is 0. The minimum atomic E-state index is 0.665. The molecule has 1 aromatic rings. The molecule has 0 aliphatic carbocycles. The number of rotatable bonds is 10. The van der Waals surface area contributed by atoms with Crippen molar-refractivity contribution in [3.8, 4) is 0 Å². The Morgan fingerprint density at radius 2 is 2.17 bits per heavy atom. The van der Waals surface area contributed by atoms with E-state index in [2.05, 4.69) is 41.6 Å². The van der Waals surface area contributed by atoms with Gasteiger partial charge < -0.3 is 10.1 Å². The van der Waals surface area contributed by atoms with Crippen molar-refractivity contribution < 1.29 is 4.74 Å². The zero-order valence-corrected chi connectivity index (χ0v) is 11.7. The molecule has 1 rings (SSSR count). The van der Waals surface area contributed by atoms with E-state index in [1.807, 2.05) is 0 Å². The third kappa shape index (κ3) is 6.07. The molecule has 104 valence electrons. The normalized spacial score (nSPS) is 11.3. The van der Waals surface area contributed by atoms with Crippen LogP contribution in [-0.2, 0) is 17.8 Å². The standard InChI is InChI=1S/C12H25N5O/c1-4-6-13-10-12-14-15-16-17(12)7-9-18-8-5-11(2)3/h11,13H,4-10H2,1-3H3. The summed E-state index contributed by atoms with van der Waals surface area (Å²) in [7, 11) is 0. The smallest absolute Gasteiger partial charge is 0.165 e. The minimum Gasteiger partial charge on any atom is -0.380 e. The van der Waals surface area contributed by atoms with Crippen molar-refractivity contribution in [2.24, 2.45) is 5.92 Å². The summed E-state index contributed by atoms with van der Waals surface area (Å²) in [5, 5.41) is 14.9. The first-order valence-electron chi connectivity index (χ1n) is 6.77. The van der Waals surface area contributed by atoms with Crippen molar-refractivity contribution in [2.75, 3.05) is 19.8 Å². The molecule has 0 fully saturated rings. The molecular formula is C12H25N5O. The van der Waals surface area contributed by atoms with Gasteiger partial charge in [-0.25, -0.2) is 4.68 Å². The number of hydrogen-bond donors (Lipinski definition) is 1. The van der Waals surface area contributed by atoms with Crippen molar-refractivity contribution >= 4 is 0 Å². The van der Waals surface area contributed by atoms with E-state index in [0.29, 0.717) is 25.6 Å². The number of nitrogens with zero attached hydrogens (tertiary/aromatic N) is 4. The molecule has 0 aliphatic rings. The molecule has 18 heavy (non-hydrogen) atoms.